The fourth-order valence-electron chi connectivity index (χ4n) is 3.00. The molecule has 2 aromatic carbocycles. The smallest absolute Gasteiger partial charge is 0.343 e. The maximum Gasteiger partial charge on any atom is 0.343 e. The number of nitrogens with zero attached hydrogens (tertiary/aromatic N) is 3. The van der Waals surface area contributed by atoms with Crippen LogP contribution >= 0.6 is 0 Å². The maximum absolute atomic E-state index is 12.3. The van der Waals surface area contributed by atoms with Crippen LogP contribution in [0.2, 0.25) is 0 Å². The van der Waals surface area contributed by atoms with E-state index in [1.54, 1.807) is 11.4 Å². The van der Waals surface area contributed by atoms with Crippen molar-refractivity contribution in [2.75, 3.05) is 6.61 Å². The van der Waals surface area contributed by atoms with E-state index in [0.717, 1.165) is 22.5 Å². The van der Waals surface area contributed by atoms with E-state index in [1.165, 1.54) is 11.8 Å². The molecule has 2 heterocycles. The summed E-state index contributed by atoms with van der Waals surface area (Å²) in [5.74, 6) is -0.417. The second-order valence-electron chi connectivity index (χ2n) is 6.27. The van der Waals surface area contributed by atoms with Gasteiger partial charge in [-0.15, -0.1) is 0 Å². The first-order valence-electron chi connectivity index (χ1n) is 8.85. The minimum atomic E-state index is -0.417. The van der Waals surface area contributed by atoms with Crippen LogP contribution in [0.4, 0.5) is 0 Å². The third kappa shape index (κ3) is 3.19. The summed E-state index contributed by atoms with van der Waals surface area (Å²) in [5.41, 5.74) is 5.67. The molecule has 2 aromatic heterocycles. The molecule has 0 aliphatic heterocycles. The first-order valence-corrected chi connectivity index (χ1v) is 8.85. The van der Waals surface area contributed by atoms with Crippen molar-refractivity contribution in [3.8, 4) is 22.5 Å². The van der Waals surface area contributed by atoms with Crippen LogP contribution in [0.1, 0.15) is 22.8 Å². The summed E-state index contributed by atoms with van der Waals surface area (Å²) in [6.45, 7) is 4.14. The van der Waals surface area contributed by atoms with E-state index in [1.807, 2.05) is 55.5 Å². The molecule has 5 heteroatoms. The monoisotopic (exact) mass is 357 g/mol. The third-order valence-corrected chi connectivity index (χ3v) is 4.38. The van der Waals surface area contributed by atoms with Gasteiger partial charge in [0.15, 0.2) is 5.65 Å². The molecule has 0 radical (unpaired) electrons. The van der Waals surface area contributed by atoms with Crippen LogP contribution < -0.4 is 0 Å². The number of carbonyl (C=O) groups excluding carboxylic acids is 1. The number of aryl methyl sites for hydroxylation is 1. The zero-order valence-electron chi connectivity index (χ0n) is 15.2. The van der Waals surface area contributed by atoms with Crippen molar-refractivity contribution in [3.63, 3.8) is 0 Å². The van der Waals surface area contributed by atoms with Crippen molar-refractivity contribution >= 4 is 11.6 Å². The van der Waals surface area contributed by atoms with E-state index in [2.05, 4.69) is 17.2 Å². The molecule has 4 rings (SSSR count). The minimum absolute atomic E-state index is 0.305. The number of carbonyl (C=O) groups is 1. The highest BCUT2D eigenvalue weighted by molar-refractivity contribution is 5.96. The van der Waals surface area contributed by atoms with Gasteiger partial charge in [-0.1, -0.05) is 60.2 Å². The Bertz CT molecular complexity index is 1100. The van der Waals surface area contributed by atoms with Gasteiger partial charge in [0.1, 0.15) is 5.56 Å². The molecule has 0 amide bonds. The summed E-state index contributed by atoms with van der Waals surface area (Å²) in [7, 11) is 0. The molecule has 0 saturated heterocycles. The lowest BCUT2D eigenvalue weighted by Crippen LogP contribution is -2.06. The lowest BCUT2D eigenvalue weighted by atomic mass is 10.1. The third-order valence-electron chi connectivity index (χ3n) is 4.38. The van der Waals surface area contributed by atoms with Gasteiger partial charge in [-0.2, -0.15) is 5.10 Å². The molecule has 4 aromatic rings. The van der Waals surface area contributed by atoms with Gasteiger partial charge in [0, 0.05) is 11.1 Å². The molecule has 0 spiro atoms. The summed E-state index contributed by atoms with van der Waals surface area (Å²) >= 11 is 0. The van der Waals surface area contributed by atoms with Crippen LogP contribution in [0.3, 0.4) is 0 Å². The topological polar surface area (TPSA) is 56.5 Å². The highest BCUT2D eigenvalue weighted by Crippen LogP contribution is 2.27. The van der Waals surface area contributed by atoms with E-state index < -0.39 is 5.97 Å². The van der Waals surface area contributed by atoms with E-state index >= 15 is 0 Å². The summed E-state index contributed by atoms with van der Waals surface area (Å²) in [4.78, 5) is 17.1. The van der Waals surface area contributed by atoms with Gasteiger partial charge < -0.3 is 4.74 Å². The number of rotatable bonds is 4. The Kier molecular flexibility index (Phi) is 4.42. The Morgan fingerprint density at radius 2 is 1.78 bits per heavy atom. The average molecular weight is 357 g/mol. The zero-order chi connectivity index (χ0) is 18.8. The molecular formula is C22H19N3O2. The number of benzene rings is 2. The predicted octanol–water partition coefficient (Wildman–Crippen LogP) is 4.55. The maximum atomic E-state index is 12.3. The van der Waals surface area contributed by atoms with Crippen molar-refractivity contribution in [2.24, 2.45) is 0 Å². The predicted molar refractivity (Wildman–Crippen MR) is 105 cm³/mol. The van der Waals surface area contributed by atoms with Gasteiger partial charge in [-0.3, -0.25) is 0 Å². The van der Waals surface area contributed by atoms with Gasteiger partial charge in [-0.05, 0) is 19.9 Å². The number of hydrogen-bond donors (Lipinski definition) is 0. The molecular weight excluding hydrogens is 338 g/mol. The van der Waals surface area contributed by atoms with Gasteiger partial charge in [0.25, 0.3) is 0 Å². The van der Waals surface area contributed by atoms with E-state index in [9.17, 15) is 4.79 Å². The van der Waals surface area contributed by atoms with Crippen LogP contribution in [-0.4, -0.2) is 27.2 Å². The van der Waals surface area contributed by atoms with Crippen molar-refractivity contribution in [2.45, 2.75) is 13.8 Å². The van der Waals surface area contributed by atoms with Gasteiger partial charge in [-0.25, -0.2) is 14.3 Å². The largest absolute Gasteiger partial charge is 0.462 e. The van der Waals surface area contributed by atoms with Crippen molar-refractivity contribution in [1.29, 1.82) is 0 Å². The lowest BCUT2D eigenvalue weighted by molar-refractivity contribution is 0.0528. The van der Waals surface area contributed by atoms with Gasteiger partial charge >= 0.3 is 5.97 Å². The Hall–Kier alpha value is -3.47. The van der Waals surface area contributed by atoms with Crippen LogP contribution in [0, 0.1) is 6.92 Å². The van der Waals surface area contributed by atoms with E-state index in [4.69, 9.17) is 9.72 Å². The summed E-state index contributed by atoms with van der Waals surface area (Å²) in [6, 6.07) is 20.1. The van der Waals surface area contributed by atoms with E-state index in [0.29, 0.717) is 17.8 Å². The Morgan fingerprint density at radius 1 is 1.04 bits per heavy atom. The van der Waals surface area contributed by atoms with Crippen LogP contribution in [0.15, 0.2) is 66.9 Å². The highest BCUT2D eigenvalue weighted by atomic mass is 16.5. The lowest BCUT2D eigenvalue weighted by Gasteiger charge is -2.10. The molecule has 134 valence electrons. The van der Waals surface area contributed by atoms with E-state index in [-0.39, 0.29) is 0 Å². The van der Waals surface area contributed by atoms with Gasteiger partial charge in [0.2, 0.25) is 0 Å². The number of ether oxygens (including phenoxy) is 1. The number of esters is 1. The van der Waals surface area contributed by atoms with Crippen LogP contribution in [0.5, 0.6) is 0 Å². The summed E-state index contributed by atoms with van der Waals surface area (Å²) in [5, 5.41) is 4.41. The second-order valence-corrected chi connectivity index (χ2v) is 6.27. The van der Waals surface area contributed by atoms with Gasteiger partial charge in [0.05, 0.1) is 24.2 Å². The second kappa shape index (κ2) is 7.03. The normalized spacial score (nSPS) is 10.9. The summed E-state index contributed by atoms with van der Waals surface area (Å²) < 4.78 is 6.87. The molecule has 0 N–H and O–H groups in total. The molecule has 5 nitrogen and oxygen atoms in total. The van der Waals surface area contributed by atoms with Crippen molar-refractivity contribution in [1.82, 2.24) is 14.6 Å². The molecule has 27 heavy (non-hydrogen) atoms. The van der Waals surface area contributed by atoms with Crippen molar-refractivity contribution < 1.29 is 9.53 Å². The Labute approximate surface area is 157 Å². The summed E-state index contributed by atoms with van der Waals surface area (Å²) in [6.07, 6.45) is 1.52. The van der Waals surface area contributed by atoms with Crippen molar-refractivity contribution in [3.05, 3.63) is 78.0 Å². The quantitative estimate of drug-likeness (QED) is 0.503. The molecule has 0 aliphatic carbocycles. The standard InChI is InChI=1S/C22H19N3O2/c1-3-27-22(26)18-14-23-25-20(17-11-9-15(2)10-12-17)13-19(24-21(18)25)16-7-5-4-6-8-16/h4-14H,3H2,1-2H3. The number of hydrogen-bond acceptors (Lipinski definition) is 4. The zero-order valence-corrected chi connectivity index (χ0v) is 15.2. The average Bonchev–Trinajstić information content (AvgIpc) is 3.13. The molecule has 0 atom stereocenters. The fourth-order valence-corrected chi connectivity index (χ4v) is 3.00. The SMILES string of the molecule is CCOC(=O)c1cnn2c(-c3ccc(C)cc3)cc(-c3ccccc3)nc12. The van der Waals surface area contributed by atoms with Crippen LogP contribution in [0.25, 0.3) is 28.2 Å². The first kappa shape index (κ1) is 17.0. The molecule has 0 unspecified atom stereocenters. The molecule has 0 fully saturated rings. The Morgan fingerprint density at radius 3 is 2.48 bits per heavy atom. The highest BCUT2D eigenvalue weighted by Gasteiger charge is 2.19. The Balaban J connectivity index is 1.98. The fraction of sp³-hybridized carbons (Fsp3) is 0.136. The number of fused-ring (bicyclic) bond motifs is 1. The molecule has 0 aliphatic rings. The first-order chi connectivity index (χ1) is 13.2. The molecule has 0 saturated carbocycles. The minimum Gasteiger partial charge on any atom is -0.462 e. The van der Waals surface area contributed by atoms with Crippen LogP contribution in [-0.2, 0) is 4.74 Å². The number of aromatic nitrogens is 3. The molecule has 0 bridgehead atoms.